The molecule has 152 valence electrons. The molecule has 28 heavy (non-hydrogen) atoms. The van der Waals surface area contributed by atoms with Crippen LogP contribution in [0.1, 0.15) is 45.7 Å². The van der Waals surface area contributed by atoms with Crippen molar-refractivity contribution in [1.82, 2.24) is 4.98 Å². The van der Waals surface area contributed by atoms with E-state index < -0.39 is 35.7 Å². The Kier molecular flexibility index (Phi) is 5.42. The lowest BCUT2D eigenvalue weighted by molar-refractivity contribution is -0.248. The Hall–Kier alpha value is -2.12. The van der Waals surface area contributed by atoms with E-state index in [9.17, 15) is 4.39 Å². The van der Waals surface area contributed by atoms with Crippen LogP contribution in [0.5, 0.6) is 0 Å². The summed E-state index contributed by atoms with van der Waals surface area (Å²) in [5, 5.41) is 3.03. The SMILES string of the molecule is CC(C)OC(OC(C)C)C1(C(C)(F)F)c2cc(F)ccc2Nc2ncccc21. The van der Waals surface area contributed by atoms with Gasteiger partial charge in [0.15, 0.2) is 6.29 Å². The summed E-state index contributed by atoms with van der Waals surface area (Å²) in [4.78, 5) is 4.24. The highest BCUT2D eigenvalue weighted by Gasteiger charge is 2.63. The monoisotopic (exact) mass is 394 g/mol. The van der Waals surface area contributed by atoms with Crippen molar-refractivity contribution in [3.63, 3.8) is 0 Å². The first-order valence-electron chi connectivity index (χ1n) is 9.28. The van der Waals surface area contributed by atoms with Gasteiger partial charge >= 0.3 is 0 Å². The van der Waals surface area contributed by atoms with Gasteiger partial charge in [-0.15, -0.1) is 0 Å². The van der Waals surface area contributed by atoms with E-state index in [-0.39, 0.29) is 16.9 Å². The number of ether oxygens (including phenoxy) is 2. The Labute approximate surface area is 163 Å². The van der Waals surface area contributed by atoms with E-state index in [0.717, 1.165) is 13.0 Å². The molecule has 2 aromatic rings. The highest BCUT2D eigenvalue weighted by atomic mass is 19.3. The number of aromatic nitrogens is 1. The van der Waals surface area contributed by atoms with E-state index in [4.69, 9.17) is 9.47 Å². The Morgan fingerprint density at radius 3 is 2.25 bits per heavy atom. The number of benzene rings is 1. The standard InChI is InChI=1S/C21H25F3N2O2/c1-12(2)27-19(28-13(3)4)21(20(5,23)24)15-7-6-10-25-18(15)26-17-9-8-14(22)11-16(17)21/h6-13,19H,1-5H3,(H,25,26). The molecular weight excluding hydrogens is 369 g/mol. The van der Waals surface area contributed by atoms with Crippen LogP contribution in [0, 0.1) is 5.82 Å². The maximum Gasteiger partial charge on any atom is 0.264 e. The summed E-state index contributed by atoms with van der Waals surface area (Å²) in [7, 11) is 0. The van der Waals surface area contributed by atoms with Crippen LogP contribution in [0.3, 0.4) is 0 Å². The van der Waals surface area contributed by atoms with Crippen LogP contribution < -0.4 is 5.32 Å². The van der Waals surface area contributed by atoms with Gasteiger partial charge in [-0.2, -0.15) is 0 Å². The van der Waals surface area contributed by atoms with E-state index in [1.807, 2.05) is 0 Å². The van der Waals surface area contributed by atoms with E-state index in [0.29, 0.717) is 5.69 Å². The van der Waals surface area contributed by atoms with Crippen LogP contribution in [0.25, 0.3) is 0 Å². The second-order valence-corrected chi connectivity index (χ2v) is 7.61. The van der Waals surface area contributed by atoms with Crippen LogP contribution in [0.2, 0.25) is 0 Å². The summed E-state index contributed by atoms with van der Waals surface area (Å²) < 4.78 is 57.2. The highest BCUT2D eigenvalue weighted by Crippen LogP contribution is 2.56. The van der Waals surface area contributed by atoms with Crippen LogP contribution in [0.4, 0.5) is 24.7 Å². The lowest BCUT2D eigenvalue weighted by Crippen LogP contribution is -2.58. The maximum absolute atomic E-state index is 15.6. The van der Waals surface area contributed by atoms with Gasteiger partial charge in [0.25, 0.3) is 5.92 Å². The van der Waals surface area contributed by atoms with E-state index in [1.54, 1.807) is 39.8 Å². The summed E-state index contributed by atoms with van der Waals surface area (Å²) in [5.74, 6) is -3.70. The molecular formula is C21H25F3N2O2. The predicted molar refractivity (Wildman–Crippen MR) is 102 cm³/mol. The smallest absolute Gasteiger partial charge is 0.264 e. The van der Waals surface area contributed by atoms with Crippen molar-refractivity contribution in [2.75, 3.05) is 5.32 Å². The van der Waals surface area contributed by atoms with Gasteiger partial charge < -0.3 is 14.8 Å². The predicted octanol–water partition coefficient (Wildman–Crippen LogP) is 5.40. The van der Waals surface area contributed by atoms with E-state index >= 15 is 8.78 Å². The quantitative estimate of drug-likeness (QED) is 0.667. The molecule has 0 spiro atoms. The number of nitrogens with zero attached hydrogens (tertiary/aromatic N) is 1. The Morgan fingerprint density at radius 1 is 1.04 bits per heavy atom. The first-order chi connectivity index (χ1) is 13.1. The second-order valence-electron chi connectivity index (χ2n) is 7.61. The zero-order valence-electron chi connectivity index (χ0n) is 16.6. The van der Waals surface area contributed by atoms with Gasteiger partial charge in [0.05, 0.1) is 12.2 Å². The number of halogens is 3. The first kappa shape index (κ1) is 20.6. The molecule has 0 saturated carbocycles. The summed E-state index contributed by atoms with van der Waals surface area (Å²) >= 11 is 0. The molecule has 1 aromatic carbocycles. The normalized spacial score (nSPS) is 19.0. The molecule has 1 aliphatic heterocycles. The molecule has 2 heterocycles. The average molecular weight is 394 g/mol. The van der Waals surface area contributed by atoms with E-state index in [1.165, 1.54) is 18.3 Å². The van der Waals surface area contributed by atoms with Crippen molar-refractivity contribution in [2.24, 2.45) is 0 Å². The minimum absolute atomic E-state index is 0.0757. The molecule has 7 heteroatoms. The van der Waals surface area contributed by atoms with Gasteiger partial charge in [-0.25, -0.2) is 18.2 Å². The number of alkyl halides is 2. The zero-order valence-corrected chi connectivity index (χ0v) is 16.6. The van der Waals surface area contributed by atoms with Crippen LogP contribution in [-0.2, 0) is 14.9 Å². The Balaban J connectivity index is 2.40. The number of rotatable bonds is 6. The summed E-state index contributed by atoms with van der Waals surface area (Å²) in [6.45, 7) is 7.79. The topological polar surface area (TPSA) is 43.4 Å². The number of fused-ring (bicyclic) bond motifs is 2. The minimum atomic E-state index is -3.36. The lowest BCUT2D eigenvalue weighted by Gasteiger charge is -2.48. The fourth-order valence-electron chi connectivity index (χ4n) is 3.71. The average Bonchev–Trinajstić information content (AvgIpc) is 2.57. The van der Waals surface area contributed by atoms with E-state index in [2.05, 4.69) is 10.3 Å². The molecule has 0 amide bonds. The van der Waals surface area contributed by atoms with Gasteiger partial charge in [-0.1, -0.05) is 6.07 Å². The molecule has 0 bridgehead atoms. The van der Waals surface area contributed by atoms with Crippen molar-refractivity contribution < 1.29 is 22.6 Å². The highest BCUT2D eigenvalue weighted by molar-refractivity contribution is 5.74. The summed E-state index contributed by atoms with van der Waals surface area (Å²) in [6, 6.07) is 6.91. The maximum atomic E-state index is 15.6. The third kappa shape index (κ3) is 3.37. The number of hydrogen-bond acceptors (Lipinski definition) is 4. The second kappa shape index (κ2) is 7.37. The molecule has 1 unspecified atom stereocenters. The fraction of sp³-hybridized carbons (Fsp3) is 0.476. The zero-order chi connectivity index (χ0) is 20.7. The molecule has 1 atom stereocenters. The molecule has 0 aliphatic carbocycles. The van der Waals surface area contributed by atoms with Gasteiger partial charge in [-0.3, -0.25) is 0 Å². The van der Waals surface area contributed by atoms with Crippen LogP contribution in [-0.4, -0.2) is 29.4 Å². The molecule has 0 radical (unpaired) electrons. The Morgan fingerprint density at radius 2 is 1.68 bits per heavy atom. The molecule has 1 aliphatic rings. The number of anilines is 2. The van der Waals surface area contributed by atoms with Crippen molar-refractivity contribution in [3.05, 3.63) is 53.5 Å². The van der Waals surface area contributed by atoms with Crippen LogP contribution >= 0.6 is 0 Å². The fourth-order valence-corrected chi connectivity index (χ4v) is 3.71. The third-order valence-electron chi connectivity index (χ3n) is 4.73. The molecule has 1 aromatic heterocycles. The van der Waals surface area contributed by atoms with Crippen LogP contribution in [0.15, 0.2) is 36.5 Å². The van der Waals surface area contributed by atoms with Gasteiger partial charge in [0, 0.05) is 29.9 Å². The van der Waals surface area contributed by atoms with Crippen molar-refractivity contribution in [3.8, 4) is 0 Å². The number of nitrogens with one attached hydrogen (secondary N) is 1. The molecule has 1 N–H and O–H groups in total. The number of pyridine rings is 1. The first-order valence-corrected chi connectivity index (χ1v) is 9.28. The third-order valence-corrected chi connectivity index (χ3v) is 4.73. The molecule has 0 saturated heterocycles. The largest absolute Gasteiger partial charge is 0.348 e. The van der Waals surface area contributed by atoms with Crippen molar-refractivity contribution >= 4 is 11.5 Å². The van der Waals surface area contributed by atoms with Crippen molar-refractivity contribution in [1.29, 1.82) is 0 Å². The van der Waals surface area contributed by atoms with Gasteiger partial charge in [-0.05, 0) is 52.0 Å². The minimum Gasteiger partial charge on any atom is -0.348 e. The molecule has 3 rings (SSSR count). The molecule has 0 fully saturated rings. The summed E-state index contributed by atoms with van der Waals surface area (Å²) in [5.41, 5.74) is -1.47. The van der Waals surface area contributed by atoms with Gasteiger partial charge in [0.1, 0.15) is 17.1 Å². The lowest BCUT2D eigenvalue weighted by atomic mass is 9.67. The summed E-state index contributed by atoms with van der Waals surface area (Å²) in [6.07, 6.45) is -0.636. The Bertz CT molecular complexity index is 842. The molecule has 4 nitrogen and oxygen atoms in total. The number of hydrogen-bond donors (Lipinski definition) is 1. The van der Waals surface area contributed by atoms with Gasteiger partial charge in [0.2, 0.25) is 0 Å². The van der Waals surface area contributed by atoms with Crippen molar-refractivity contribution in [2.45, 2.75) is 64.5 Å².